The minimum Gasteiger partial charge on any atom is -0.480 e. The number of carboxylic acid groups (broad SMARTS) is 1. The third-order valence-electron chi connectivity index (χ3n) is 22.8. The van der Waals surface area contributed by atoms with Gasteiger partial charge in [-0.1, -0.05) is 306 Å². The van der Waals surface area contributed by atoms with Gasteiger partial charge in [-0.3, -0.25) is 19.2 Å². The Labute approximate surface area is 725 Å². The fraction of sp³-hybridized carbons (Fsp3) is 0.181. The molecule has 4 unspecified atom stereocenters. The molecule has 4 atom stereocenters. The number of carbonyl (C=O) groups is 4. The topological polar surface area (TPSA) is 261 Å². The molecule has 0 saturated heterocycles. The molecule has 18 rings (SSSR count). The molecule has 0 aliphatic rings. The van der Waals surface area contributed by atoms with E-state index in [4.69, 9.17) is 29.5 Å². The van der Waals surface area contributed by atoms with Crippen LogP contribution in [-0.4, -0.2) is 93.5 Å². The molecule has 18 aromatic rings. The largest absolute Gasteiger partial charge is 0.480 e. The Bertz CT molecular complexity index is 7330. The summed E-state index contributed by atoms with van der Waals surface area (Å²) in [7, 11) is 4.66. The predicted molar refractivity (Wildman–Crippen MR) is 495 cm³/mol. The molecule has 630 valence electrons. The van der Waals surface area contributed by atoms with Crippen LogP contribution in [0, 0.1) is 0 Å². The maximum atomic E-state index is 13.5. The second-order valence-electron chi connectivity index (χ2n) is 30.7. The van der Waals surface area contributed by atoms with Gasteiger partial charge in [0.1, 0.15) is 0 Å². The second-order valence-corrected chi connectivity index (χ2v) is 30.7. The first-order chi connectivity index (χ1) is 61.5. The normalized spacial score (nSPS) is 12.2. The van der Waals surface area contributed by atoms with E-state index in [1.807, 2.05) is 191 Å². The molecule has 0 aliphatic heterocycles. The molecule has 0 bridgehead atoms. The summed E-state index contributed by atoms with van der Waals surface area (Å²) in [6.45, 7) is 5.92. The first-order valence-electron chi connectivity index (χ1n) is 42.1. The van der Waals surface area contributed by atoms with E-state index < -0.39 is 48.0 Å². The van der Waals surface area contributed by atoms with Crippen molar-refractivity contribution in [3.05, 3.63) is 413 Å². The molecule has 1 N–H and O–H groups in total. The van der Waals surface area contributed by atoms with Crippen LogP contribution in [0.1, 0.15) is 127 Å². The molecular weight excluding hydrogens is 1580 g/mol. The molecule has 5 heterocycles. The monoisotopic (exact) mass is 1670 g/mol. The molecule has 13 aromatic carbocycles. The van der Waals surface area contributed by atoms with Gasteiger partial charge >= 0.3 is 23.9 Å². The molecule has 21 heteroatoms. The van der Waals surface area contributed by atoms with Gasteiger partial charge in [-0.25, -0.2) is 37.9 Å². The molecule has 126 heavy (non-hydrogen) atoms. The van der Waals surface area contributed by atoms with Crippen LogP contribution in [0.3, 0.4) is 0 Å². The lowest BCUT2D eigenvalue weighted by Gasteiger charge is -2.19. The van der Waals surface area contributed by atoms with Gasteiger partial charge in [0, 0.05) is 71.4 Å². The van der Waals surface area contributed by atoms with Crippen molar-refractivity contribution in [1.29, 1.82) is 0 Å². The number of methoxy groups -OCH3 is 2. The van der Waals surface area contributed by atoms with E-state index >= 15 is 0 Å². The van der Waals surface area contributed by atoms with Gasteiger partial charge in [-0.15, -0.1) is 0 Å². The molecule has 21 nitrogen and oxygen atoms in total. The van der Waals surface area contributed by atoms with Gasteiger partial charge in [-0.05, 0) is 116 Å². The van der Waals surface area contributed by atoms with E-state index in [1.165, 1.54) is 28.3 Å². The molecule has 0 spiro atoms. The zero-order valence-corrected chi connectivity index (χ0v) is 70.7. The van der Waals surface area contributed by atoms with E-state index in [0.29, 0.717) is 83.3 Å². The summed E-state index contributed by atoms with van der Waals surface area (Å²) in [6.07, 6.45) is 6.44. The Morgan fingerprint density at radius 3 is 0.952 bits per heavy atom. The third kappa shape index (κ3) is 18.1. The van der Waals surface area contributed by atoms with Crippen LogP contribution in [-0.2, 0) is 66.1 Å². The number of esters is 3. The van der Waals surface area contributed by atoms with Crippen molar-refractivity contribution in [1.82, 2.24) is 43.7 Å². The lowest BCUT2D eigenvalue weighted by Crippen LogP contribution is -2.34. The number of aryl methyl sites for hydroxylation is 1. The van der Waals surface area contributed by atoms with Crippen LogP contribution in [0.4, 0.5) is 0 Å². The highest BCUT2D eigenvalue weighted by Gasteiger charge is 2.32. The van der Waals surface area contributed by atoms with E-state index in [2.05, 4.69) is 101 Å². The highest BCUT2D eigenvalue weighted by Crippen LogP contribution is 2.32. The summed E-state index contributed by atoms with van der Waals surface area (Å²) in [6, 6.07) is 95.4. The maximum absolute atomic E-state index is 13.5. The van der Waals surface area contributed by atoms with Crippen LogP contribution >= 0.6 is 0 Å². The quantitative estimate of drug-likeness (QED) is 0.0461. The highest BCUT2D eigenvalue weighted by molar-refractivity contribution is 5.93. The molecule has 0 fully saturated rings. The van der Waals surface area contributed by atoms with E-state index in [9.17, 15) is 43.5 Å². The Kier molecular flexibility index (Phi) is 26.6. The SMILES string of the molecule is CCCC(C(=O)O)n1nc(Cc2cccc3ccccc23)c2ccccc2c1=O.CCCC(C(=O)OCC)n1nc(Cc2cccc3ccccc23)c2ccccc2c1=O.COC(=O)C(c1ccccc1)n1nc(Cc2cccc3ccccc23)c2ccccc2c1=O.COC(=O)C(c1ccccc1)n1nc(Cc2cn(C)c3ccccc23)c2ccccc2c1=O. The van der Waals surface area contributed by atoms with E-state index in [-0.39, 0.29) is 28.8 Å². The summed E-state index contributed by atoms with van der Waals surface area (Å²) in [5, 5.41) is 41.7. The standard InChI is InChI=1S/C28H22N2O3.C27H23N3O3.C26H26N2O3.C24H22N2O3/c1-33-28(32)26(20-11-3-2-4-12-20)30-27(31)24-17-8-7-16-23(24)25(29-30)18-21-14-9-13-19-10-5-6-15-22(19)21;1-29-17-19(20-12-8-9-15-24(20)29)16-23-21-13-6-7-14-22(21)26(31)30(28-23)25(27(32)33-2)18-10-4-3-5-11-18;1-3-10-24(26(30)31-4-2)28-25(29)22-16-8-7-15-21(22)23(27-28)17-19-13-9-12-18-11-5-6-14-20(18)19;1-2-8-22(24(28)29)26-23(27)20-14-6-5-13-19(20)21(25-26)15-17-11-7-10-16-9-3-4-12-18(16)17/h2-17,26H,18H2,1H3;3-15,17,25H,16H2,1-2H3;5-9,11-16,24H,3-4,10,17H2,1-2H3;3-7,9-14,22H,2,8,15H2,1H3,(H,28,29). The van der Waals surface area contributed by atoms with Gasteiger partial charge in [0.05, 0.1) is 65.1 Å². The summed E-state index contributed by atoms with van der Waals surface area (Å²) in [5.74, 6) is -2.53. The van der Waals surface area contributed by atoms with E-state index in [0.717, 1.165) is 115 Å². The van der Waals surface area contributed by atoms with Crippen LogP contribution in [0.5, 0.6) is 0 Å². The fourth-order valence-electron chi connectivity index (χ4n) is 16.7. The number of aliphatic carboxylic acids is 1. The highest BCUT2D eigenvalue weighted by atomic mass is 16.5. The summed E-state index contributed by atoms with van der Waals surface area (Å²) in [4.78, 5) is 103. The Hall–Kier alpha value is -15.4. The molecule has 0 saturated carbocycles. The smallest absolute Gasteiger partial charge is 0.335 e. The number of hydrogen-bond donors (Lipinski definition) is 1. The van der Waals surface area contributed by atoms with Crippen molar-refractivity contribution in [2.45, 2.75) is 96.3 Å². The number of carbonyl (C=O) groups excluding carboxylic acids is 3. The number of carboxylic acids is 1. The second kappa shape index (κ2) is 39.2. The van der Waals surface area contributed by atoms with Crippen molar-refractivity contribution in [3.63, 3.8) is 0 Å². The van der Waals surface area contributed by atoms with E-state index in [1.54, 1.807) is 61.5 Å². The number of ether oxygens (including phenoxy) is 3. The van der Waals surface area contributed by atoms with Crippen LogP contribution in [0.15, 0.2) is 335 Å². The Balaban J connectivity index is 0.000000130. The van der Waals surface area contributed by atoms with Crippen molar-refractivity contribution >= 4 is 110 Å². The van der Waals surface area contributed by atoms with Crippen molar-refractivity contribution in [3.8, 4) is 0 Å². The molecule has 0 amide bonds. The number of benzene rings is 13. The first-order valence-corrected chi connectivity index (χ1v) is 42.1. The summed E-state index contributed by atoms with van der Waals surface area (Å²) in [5.41, 5.74) is 8.50. The Morgan fingerprint density at radius 1 is 0.317 bits per heavy atom. The summed E-state index contributed by atoms with van der Waals surface area (Å²) < 4.78 is 22.5. The first kappa shape index (κ1) is 85.6. The molecular formula is C105H93N9O12. The minimum atomic E-state index is -1.03. The summed E-state index contributed by atoms with van der Waals surface area (Å²) >= 11 is 0. The number of fused-ring (bicyclic) bond motifs is 8. The zero-order chi connectivity index (χ0) is 87.9. The van der Waals surface area contributed by atoms with Crippen molar-refractivity contribution < 1.29 is 38.5 Å². The van der Waals surface area contributed by atoms with Crippen LogP contribution in [0.2, 0.25) is 0 Å². The van der Waals surface area contributed by atoms with Crippen molar-refractivity contribution in [2.75, 3.05) is 20.8 Å². The maximum Gasteiger partial charge on any atom is 0.335 e. The number of rotatable bonds is 23. The van der Waals surface area contributed by atoms with Gasteiger partial charge in [0.25, 0.3) is 22.2 Å². The predicted octanol–water partition coefficient (Wildman–Crippen LogP) is 18.8. The molecule has 5 aromatic heterocycles. The van der Waals surface area contributed by atoms with Gasteiger partial charge in [0.2, 0.25) is 0 Å². The fourth-order valence-corrected chi connectivity index (χ4v) is 16.7. The Morgan fingerprint density at radius 2 is 0.603 bits per heavy atom. The van der Waals surface area contributed by atoms with Crippen molar-refractivity contribution in [2.24, 2.45) is 7.05 Å². The molecule has 0 aliphatic carbocycles. The third-order valence-corrected chi connectivity index (χ3v) is 22.8. The van der Waals surface area contributed by atoms with Crippen LogP contribution in [0.25, 0.3) is 86.3 Å². The average Bonchev–Trinajstić information content (AvgIpc) is 1.11. The zero-order valence-electron chi connectivity index (χ0n) is 70.7. The number of nitrogens with zero attached hydrogens (tertiary/aromatic N) is 9. The average molecular weight is 1670 g/mol. The minimum absolute atomic E-state index is 0.260. The van der Waals surface area contributed by atoms with Gasteiger partial charge in [0.15, 0.2) is 24.2 Å². The number of para-hydroxylation sites is 1. The number of hydrogen-bond acceptors (Lipinski definition) is 15. The lowest BCUT2D eigenvalue weighted by molar-refractivity contribution is -0.148. The van der Waals surface area contributed by atoms with Gasteiger partial charge in [-0.2, -0.15) is 20.4 Å². The van der Waals surface area contributed by atoms with Crippen LogP contribution < -0.4 is 22.2 Å². The lowest BCUT2D eigenvalue weighted by atomic mass is 9.98. The van der Waals surface area contributed by atoms with Gasteiger partial charge < -0.3 is 23.9 Å². The molecule has 0 radical (unpaired) electrons. The number of aromatic nitrogens is 9.